The van der Waals surface area contributed by atoms with Crippen molar-refractivity contribution in [3.63, 3.8) is 0 Å². The number of hydrogen-bond acceptors (Lipinski definition) is 6. The maximum atomic E-state index is 12.6. The summed E-state index contributed by atoms with van der Waals surface area (Å²) in [6, 6.07) is 15.7. The summed E-state index contributed by atoms with van der Waals surface area (Å²) in [4.78, 5) is 24.7. The third-order valence-electron chi connectivity index (χ3n) is 4.45. The summed E-state index contributed by atoms with van der Waals surface area (Å²) in [6.07, 6.45) is 0. The number of amides is 1. The Morgan fingerprint density at radius 3 is 2.20 bits per heavy atom. The van der Waals surface area contributed by atoms with Gasteiger partial charge in [0.05, 0.1) is 27.9 Å². The van der Waals surface area contributed by atoms with Crippen LogP contribution in [0.3, 0.4) is 0 Å². The first kappa shape index (κ1) is 20.9. The van der Waals surface area contributed by atoms with Gasteiger partial charge in [-0.25, -0.2) is 4.68 Å². The van der Waals surface area contributed by atoms with E-state index in [1.807, 2.05) is 30.3 Å². The lowest BCUT2D eigenvalue weighted by Crippen LogP contribution is -2.29. The smallest absolute Gasteiger partial charge is 0.271 e. The van der Waals surface area contributed by atoms with Crippen LogP contribution in [0.2, 0.25) is 0 Å². The zero-order chi connectivity index (χ0) is 21.5. The van der Waals surface area contributed by atoms with Gasteiger partial charge in [-0.1, -0.05) is 30.3 Å². The zero-order valence-electron chi connectivity index (χ0n) is 17.0. The second kappa shape index (κ2) is 9.60. The van der Waals surface area contributed by atoms with Gasteiger partial charge in [0, 0.05) is 12.6 Å². The minimum absolute atomic E-state index is 0.151. The first-order chi connectivity index (χ1) is 14.5. The van der Waals surface area contributed by atoms with Crippen LogP contribution in [-0.2, 0) is 13.1 Å². The van der Waals surface area contributed by atoms with Gasteiger partial charge in [0.1, 0.15) is 5.69 Å². The SMILES string of the molecule is COc1cc(CNC(=O)c2ccc(=O)n(Cc3ccccc3)n2)cc(OC)c1OC. The average molecular weight is 409 g/mol. The predicted octanol–water partition coefficient (Wildman–Crippen LogP) is 2.25. The van der Waals surface area contributed by atoms with Gasteiger partial charge < -0.3 is 19.5 Å². The second-order valence-electron chi connectivity index (χ2n) is 6.42. The van der Waals surface area contributed by atoms with E-state index in [4.69, 9.17) is 14.2 Å². The van der Waals surface area contributed by atoms with Crippen LogP contribution in [0.1, 0.15) is 21.6 Å². The van der Waals surface area contributed by atoms with Gasteiger partial charge in [-0.15, -0.1) is 0 Å². The highest BCUT2D eigenvalue weighted by Gasteiger charge is 2.15. The van der Waals surface area contributed by atoms with Crippen LogP contribution >= 0.6 is 0 Å². The minimum Gasteiger partial charge on any atom is -0.493 e. The Kier molecular flexibility index (Phi) is 6.69. The predicted molar refractivity (Wildman–Crippen MR) is 111 cm³/mol. The van der Waals surface area contributed by atoms with Crippen molar-refractivity contribution in [1.82, 2.24) is 15.1 Å². The molecule has 0 atom stereocenters. The lowest BCUT2D eigenvalue weighted by Gasteiger charge is -2.14. The van der Waals surface area contributed by atoms with Crippen LogP contribution in [0.4, 0.5) is 0 Å². The number of aromatic nitrogens is 2. The van der Waals surface area contributed by atoms with E-state index >= 15 is 0 Å². The number of carbonyl (C=O) groups is 1. The highest BCUT2D eigenvalue weighted by Crippen LogP contribution is 2.38. The van der Waals surface area contributed by atoms with E-state index in [0.717, 1.165) is 11.1 Å². The van der Waals surface area contributed by atoms with Crippen LogP contribution in [0.15, 0.2) is 59.4 Å². The van der Waals surface area contributed by atoms with Crippen LogP contribution < -0.4 is 25.1 Å². The van der Waals surface area contributed by atoms with Crippen molar-refractivity contribution in [2.75, 3.05) is 21.3 Å². The molecule has 2 aromatic carbocycles. The van der Waals surface area contributed by atoms with Crippen molar-refractivity contribution in [3.05, 3.63) is 81.8 Å². The molecule has 3 rings (SSSR count). The Hall–Kier alpha value is -3.81. The molecule has 0 unspecified atom stereocenters. The molecule has 0 aliphatic rings. The topological polar surface area (TPSA) is 91.7 Å². The third-order valence-corrected chi connectivity index (χ3v) is 4.45. The van der Waals surface area contributed by atoms with Crippen LogP contribution in [0, 0.1) is 0 Å². The summed E-state index contributed by atoms with van der Waals surface area (Å²) in [5.74, 6) is 1.07. The first-order valence-electron chi connectivity index (χ1n) is 9.25. The van der Waals surface area contributed by atoms with Gasteiger partial charge in [-0.05, 0) is 29.3 Å². The lowest BCUT2D eigenvalue weighted by molar-refractivity contribution is 0.0943. The standard InChI is InChI=1S/C22H23N3O5/c1-28-18-11-16(12-19(29-2)21(18)30-3)13-23-22(27)17-9-10-20(26)25(24-17)14-15-7-5-4-6-8-15/h4-12H,13-14H2,1-3H3,(H,23,27). The number of nitrogens with one attached hydrogen (secondary N) is 1. The Balaban J connectivity index is 1.75. The average Bonchev–Trinajstić information content (AvgIpc) is 2.78. The van der Waals surface area contributed by atoms with Crippen molar-refractivity contribution in [1.29, 1.82) is 0 Å². The highest BCUT2D eigenvalue weighted by molar-refractivity contribution is 5.91. The van der Waals surface area contributed by atoms with E-state index in [-0.39, 0.29) is 24.3 Å². The quantitative estimate of drug-likeness (QED) is 0.614. The summed E-state index contributed by atoms with van der Waals surface area (Å²) >= 11 is 0. The van der Waals surface area contributed by atoms with E-state index in [9.17, 15) is 9.59 Å². The maximum absolute atomic E-state index is 12.6. The van der Waals surface area contributed by atoms with E-state index in [1.54, 1.807) is 12.1 Å². The normalized spacial score (nSPS) is 10.4. The number of nitrogens with zero attached hydrogens (tertiary/aromatic N) is 2. The zero-order valence-corrected chi connectivity index (χ0v) is 17.0. The molecule has 0 bridgehead atoms. The molecule has 30 heavy (non-hydrogen) atoms. The fourth-order valence-electron chi connectivity index (χ4n) is 2.95. The Bertz CT molecular complexity index is 1050. The molecule has 8 heteroatoms. The van der Waals surface area contributed by atoms with Crippen LogP contribution in [-0.4, -0.2) is 37.0 Å². The number of hydrogen-bond donors (Lipinski definition) is 1. The summed E-state index contributed by atoms with van der Waals surface area (Å²) < 4.78 is 17.2. The molecule has 0 spiro atoms. The van der Waals surface area contributed by atoms with Gasteiger partial charge >= 0.3 is 0 Å². The number of ether oxygens (including phenoxy) is 3. The molecule has 1 aromatic heterocycles. The monoisotopic (exact) mass is 409 g/mol. The molecular formula is C22H23N3O5. The molecule has 0 saturated carbocycles. The molecule has 1 N–H and O–H groups in total. The van der Waals surface area contributed by atoms with E-state index in [0.29, 0.717) is 17.2 Å². The molecule has 1 heterocycles. The fourth-order valence-corrected chi connectivity index (χ4v) is 2.95. The molecule has 0 aliphatic heterocycles. The van der Waals surface area contributed by atoms with Gasteiger partial charge in [0.15, 0.2) is 11.5 Å². The molecule has 3 aromatic rings. The van der Waals surface area contributed by atoms with Crippen molar-refractivity contribution < 1.29 is 19.0 Å². The van der Waals surface area contributed by atoms with Crippen LogP contribution in [0.25, 0.3) is 0 Å². The Morgan fingerprint density at radius 2 is 1.60 bits per heavy atom. The summed E-state index contributed by atoms with van der Waals surface area (Å²) in [7, 11) is 4.58. The van der Waals surface area contributed by atoms with Crippen molar-refractivity contribution in [3.8, 4) is 17.2 Å². The first-order valence-corrected chi connectivity index (χ1v) is 9.25. The van der Waals surface area contributed by atoms with Crippen molar-refractivity contribution in [2.24, 2.45) is 0 Å². The summed E-state index contributed by atoms with van der Waals surface area (Å²) in [5, 5.41) is 6.99. The molecule has 156 valence electrons. The van der Waals surface area contributed by atoms with E-state index < -0.39 is 5.91 Å². The Morgan fingerprint density at radius 1 is 0.933 bits per heavy atom. The lowest BCUT2D eigenvalue weighted by atomic mass is 10.1. The Labute approximate surface area is 174 Å². The highest BCUT2D eigenvalue weighted by atomic mass is 16.5. The number of methoxy groups -OCH3 is 3. The molecule has 0 aliphatic carbocycles. The largest absolute Gasteiger partial charge is 0.493 e. The summed E-state index contributed by atoms with van der Waals surface area (Å²) in [6.45, 7) is 0.503. The van der Waals surface area contributed by atoms with Gasteiger partial charge in [0.25, 0.3) is 11.5 Å². The van der Waals surface area contributed by atoms with Gasteiger partial charge in [-0.3, -0.25) is 9.59 Å². The molecule has 1 amide bonds. The second-order valence-corrected chi connectivity index (χ2v) is 6.42. The number of carbonyl (C=O) groups excluding carboxylic acids is 1. The van der Waals surface area contributed by atoms with Gasteiger partial charge in [0.2, 0.25) is 5.75 Å². The van der Waals surface area contributed by atoms with E-state index in [1.165, 1.54) is 38.1 Å². The molecule has 0 fully saturated rings. The molecule has 0 radical (unpaired) electrons. The van der Waals surface area contributed by atoms with Gasteiger partial charge in [-0.2, -0.15) is 5.10 Å². The molecular weight excluding hydrogens is 386 g/mol. The third kappa shape index (κ3) is 4.78. The summed E-state index contributed by atoms with van der Waals surface area (Å²) in [5.41, 5.74) is 1.55. The maximum Gasteiger partial charge on any atom is 0.271 e. The van der Waals surface area contributed by atoms with E-state index in [2.05, 4.69) is 10.4 Å². The molecule has 0 saturated heterocycles. The fraction of sp³-hybridized carbons (Fsp3) is 0.227. The van der Waals surface area contributed by atoms with Crippen molar-refractivity contribution >= 4 is 5.91 Å². The minimum atomic E-state index is -0.398. The molecule has 8 nitrogen and oxygen atoms in total. The van der Waals surface area contributed by atoms with Crippen LogP contribution in [0.5, 0.6) is 17.2 Å². The number of benzene rings is 2. The number of rotatable bonds is 8. The van der Waals surface area contributed by atoms with Crippen molar-refractivity contribution in [2.45, 2.75) is 13.1 Å².